The van der Waals surface area contributed by atoms with Gasteiger partial charge in [-0.2, -0.15) is 0 Å². The minimum Gasteiger partial charge on any atom is -0.477 e. The lowest BCUT2D eigenvalue weighted by Gasteiger charge is -2.14. The fraction of sp³-hybridized carbons (Fsp3) is 0.0909. The lowest BCUT2D eigenvalue weighted by atomic mass is 9.99. The van der Waals surface area contributed by atoms with Crippen molar-refractivity contribution in [3.8, 4) is 33.0 Å². The molecule has 7 aromatic rings. The van der Waals surface area contributed by atoms with Gasteiger partial charge in [-0.25, -0.2) is 14.8 Å². The molecule has 1 N–H and O–H groups in total. The van der Waals surface area contributed by atoms with Crippen molar-refractivity contribution < 1.29 is 9.90 Å². The van der Waals surface area contributed by atoms with Crippen LogP contribution in [0.2, 0.25) is 0 Å². The van der Waals surface area contributed by atoms with E-state index in [4.69, 9.17) is 4.98 Å². The molecular formula is C33H24N4O2S2. The van der Waals surface area contributed by atoms with Gasteiger partial charge in [0, 0.05) is 29.9 Å². The van der Waals surface area contributed by atoms with Crippen LogP contribution >= 0.6 is 22.7 Å². The third-order valence-corrected chi connectivity index (χ3v) is 9.42. The van der Waals surface area contributed by atoms with Crippen LogP contribution in [0, 0.1) is 13.8 Å². The zero-order valence-electron chi connectivity index (χ0n) is 22.3. The molecule has 5 aromatic heterocycles. The van der Waals surface area contributed by atoms with Gasteiger partial charge in [0.25, 0.3) is 0 Å². The number of carboxylic acid groups (broad SMARTS) is 1. The van der Waals surface area contributed by atoms with Crippen molar-refractivity contribution in [2.24, 2.45) is 0 Å². The zero-order chi connectivity index (χ0) is 28.1. The molecule has 0 spiro atoms. The normalized spacial score (nSPS) is 11.5. The predicted molar refractivity (Wildman–Crippen MR) is 167 cm³/mol. The minimum atomic E-state index is -0.916. The number of thiazole rings is 1. The Morgan fingerprint density at radius 3 is 2.41 bits per heavy atom. The summed E-state index contributed by atoms with van der Waals surface area (Å²) in [5, 5.41) is 11.9. The molecule has 0 bridgehead atoms. The SMILES string of the molecule is Cc1nc(C)c(-c2ccc3cc(-c4c(-c5ccccc5)c5sc(C(=O)O)cc5n4Cc4ccncc4)ccc3n2)s1. The number of carboxylic acids is 1. The molecule has 0 saturated heterocycles. The van der Waals surface area contributed by atoms with Gasteiger partial charge in [0.15, 0.2) is 0 Å². The predicted octanol–water partition coefficient (Wildman–Crippen LogP) is 8.47. The summed E-state index contributed by atoms with van der Waals surface area (Å²) in [4.78, 5) is 27.2. The average Bonchev–Trinajstić information content (AvgIpc) is 3.65. The van der Waals surface area contributed by atoms with Crippen molar-refractivity contribution in [3.63, 3.8) is 0 Å². The van der Waals surface area contributed by atoms with Gasteiger partial charge in [0.05, 0.1) is 42.7 Å². The van der Waals surface area contributed by atoms with Crippen molar-refractivity contribution in [2.75, 3.05) is 0 Å². The first-order chi connectivity index (χ1) is 20.0. The first-order valence-electron chi connectivity index (χ1n) is 13.2. The number of rotatable bonds is 6. The quantitative estimate of drug-likeness (QED) is 0.216. The number of thiophene rings is 1. The second-order valence-corrected chi connectivity index (χ2v) is 12.2. The standard InChI is InChI=1S/C33H24N4O2S2/c1-19-31(40-20(2)35-19)26-11-8-23-16-24(9-10-25(23)36-26)30-29(22-6-4-3-5-7-22)32-27(17-28(41-32)33(38)39)37(30)18-21-12-14-34-15-13-21/h3-17H,18H2,1-2H3,(H,38,39). The van der Waals surface area contributed by atoms with E-state index in [9.17, 15) is 9.90 Å². The topological polar surface area (TPSA) is 80.9 Å². The number of aryl methyl sites for hydroxylation is 2. The number of benzene rings is 2. The maximum atomic E-state index is 12.0. The minimum absolute atomic E-state index is 0.325. The van der Waals surface area contributed by atoms with Gasteiger partial charge in [0.2, 0.25) is 0 Å². The highest BCUT2D eigenvalue weighted by molar-refractivity contribution is 7.21. The summed E-state index contributed by atoms with van der Waals surface area (Å²) in [6.45, 7) is 4.62. The molecular weight excluding hydrogens is 549 g/mol. The van der Waals surface area contributed by atoms with Crippen LogP contribution in [0.4, 0.5) is 0 Å². The average molecular weight is 573 g/mol. The molecule has 0 aliphatic carbocycles. The number of aromatic nitrogens is 4. The van der Waals surface area contributed by atoms with Crippen LogP contribution in [-0.2, 0) is 6.54 Å². The zero-order valence-corrected chi connectivity index (χ0v) is 24.0. The lowest BCUT2D eigenvalue weighted by molar-refractivity contribution is 0.0702. The number of hydrogen-bond donors (Lipinski definition) is 1. The van der Waals surface area contributed by atoms with Gasteiger partial charge in [-0.15, -0.1) is 22.7 Å². The Kier molecular flexibility index (Phi) is 6.22. The molecule has 41 heavy (non-hydrogen) atoms. The van der Waals surface area contributed by atoms with E-state index in [1.165, 1.54) is 11.3 Å². The van der Waals surface area contributed by atoms with Crippen molar-refractivity contribution in [1.82, 2.24) is 19.5 Å². The first kappa shape index (κ1) is 25.3. The van der Waals surface area contributed by atoms with E-state index in [2.05, 4.69) is 57.0 Å². The molecule has 7 rings (SSSR count). The van der Waals surface area contributed by atoms with Gasteiger partial charge < -0.3 is 9.67 Å². The number of nitrogens with zero attached hydrogens (tertiary/aromatic N) is 4. The van der Waals surface area contributed by atoms with Gasteiger partial charge in [-0.1, -0.05) is 42.5 Å². The molecule has 0 aliphatic heterocycles. The van der Waals surface area contributed by atoms with Crippen LogP contribution in [0.1, 0.15) is 25.9 Å². The second-order valence-electron chi connectivity index (χ2n) is 9.91. The van der Waals surface area contributed by atoms with E-state index in [0.29, 0.717) is 11.4 Å². The highest BCUT2D eigenvalue weighted by Gasteiger charge is 2.24. The molecule has 0 fully saturated rings. The molecule has 6 nitrogen and oxygen atoms in total. The van der Waals surface area contributed by atoms with Gasteiger partial charge in [0.1, 0.15) is 4.88 Å². The van der Waals surface area contributed by atoms with E-state index in [1.807, 2.05) is 44.2 Å². The Hall–Kier alpha value is -4.66. The maximum Gasteiger partial charge on any atom is 0.345 e. The van der Waals surface area contributed by atoms with E-state index < -0.39 is 5.97 Å². The van der Waals surface area contributed by atoms with Crippen LogP contribution < -0.4 is 0 Å². The third kappa shape index (κ3) is 4.51. The number of pyridine rings is 2. The number of carbonyl (C=O) groups is 1. The van der Waals surface area contributed by atoms with Crippen LogP contribution in [0.25, 0.3) is 54.1 Å². The second kappa shape index (κ2) is 10.1. The third-order valence-electron chi connectivity index (χ3n) is 7.20. The highest BCUT2D eigenvalue weighted by Crippen LogP contribution is 2.45. The van der Waals surface area contributed by atoms with E-state index in [0.717, 1.165) is 70.3 Å². The molecule has 5 heterocycles. The van der Waals surface area contributed by atoms with Gasteiger partial charge >= 0.3 is 5.97 Å². The Balaban J connectivity index is 1.47. The van der Waals surface area contributed by atoms with Gasteiger partial charge in [-0.3, -0.25) is 4.98 Å². The maximum absolute atomic E-state index is 12.0. The van der Waals surface area contributed by atoms with Gasteiger partial charge in [-0.05, 0) is 66.9 Å². The van der Waals surface area contributed by atoms with E-state index in [-0.39, 0.29) is 0 Å². The highest BCUT2D eigenvalue weighted by atomic mass is 32.1. The molecule has 200 valence electrons. The van der Waals surface area contributed by atoms with Crippen molar-refractivity contribution in [2.45, 2.75) is 20.4 Å². The van der Waals surface area contributed by atoms with Crippen molar-refractivity contribution in [1.29, 1.82) is 0 Å². The fourth-order valence-corrected chi connectivity index (χ4v) is 7.36. The molecule has 0 aliphatic rings. The molecule has 8 heteroatoms. The van der Waals surface area contributed by atoms with E-state index in [1.54, 1.807) is 29.8 Å². The lowest BCUT2D eigenvalue weighted by Crippen LogP contribution is -2.03. The molecule has 0 radical (unpaired) electrons. The Bertz CT molecular complexity index is 2080. The summed E-state index contributed by atoms with van der Waals surface area (Å²) < 4.78 is 3.20. The molecule has 0 amide bonds. The largest absolute Gasteiger partial charge is 0.477 e. The summed E-state index contributed by atoms with van der Waals surface area (Å²) in [5.74, 6) is -0.916. The van der Waals surface area contributed by atoms with E-state index >= 15 is 0 Å². The summed E-state index contributed by atoms with van der Waals surface area (Å²) >= 11 is 2.99. The van der Waals surface area contributed by atoms with Crippen LogP contribution in [0.3, 0.4) is 0 Å². The smallest absolute Gasteiger partial charge is 0.345 e. The molecule has 2 aromatic carbocycles. The molecule has 0 saturated carbocycles. The number of fused-ring (bicyclic) bond motifs is 2. The summed E-state index contributed by atoms with van der Waals surface area (Å²) in [6.07, 6.45) is 3.57. The summed E-state index contributed by atoms with van der Waals surface area (Å²) in [5.41, 5.74) is 9.01. The summed E-state index contributed by atoms with van der Waals surface area (Å²) in [7, 11) is 0. The van der Waals surface area contributed by atoms with Crippen LogP contribution in [0.15, 0.2) is 91.3 Å². The molecule has 0 unspecified atom stereocenters. The van der Waals surface area contributed by atoms with Crippen LogP contribution in [0.5, 0.6) is 0 Å². The fourth-order valence-electron chi connectivity index (χ4n) is 5.41. The monoisotopic (exact) mass is 572 g/mol. The number of hydrogen-bond acceptors (Lipinski definition) is 6. The van der Waals surface area contributed by atoms with Crippen molar-refractivity contribution >= 4 is 49.8 Å². The Morgan fingerprint density at radius 1 is 0.878 bits per heavy atom. The Morgan fingerprint density at radius 2 is 1.68 bits per heavy atom. The van der Waals surface area contributed by atoms with Crippen LogP contribution in [-0.4, -0.2) is 30.6 Å². The Labute approximate surface area is 244 Å². The first-order valence-corrected chi connectivity index (χ1v) is 14.8. The summed E-state index contributed by atoms with van der Waals surface area (Å²) in [6, 6.07) is 26.6. The van der Waals surface area contributed by atoms with Crippen molar-refractivity contribution in [3.05, 3.63) is 112 Å². The molecule has 0 atom stereocenters. The number of aromatic carboxylic acids is 1.